The van der Waals surface area contributed by atoms with Crippen LogP contribution in [0.25, 0.3) is 0 Å². The molecule has 14 heavy (non-hydrogen) atoms. The first-order valence-electron chi connectivity index (χ1n) is 4.46. The van der Waals surface area contributed by atoms with Crippen LogP contribution in [0.5, 0.6) is 0 Å². The molecule has 0 radical (unpaired) electrons. The molecule has 1 aromatic heterocycles. The number of carbonyl (C=O) groups is 1. The van der Waals surface area contributed by atoms with Gasteiger partial charge in [-0.25, -0.2) is 4.98 Å². The quantitative estimate of drug-likeness (QED) is 0.623. The molecule has 2 heterocycles. The van der Waals surface area contributed by atoms with Crippen molar-refractivity contribution in [1.82, 2.24) is 9.97 Å². The van der Waals surface area contributed by atoms with Gasteiger partial charge < -0.3 is 9.72 Å². The lowest BCUT2D eigenvalue weighted by atomic mass is 10.1. The van der Waals surface area contributed by atoms with E-state index < -0.39 is 0 Å². The lowest BCUT2D eigenvalue weighted by Gasteiger charge is -2.02. The highest BCUT2D eigenvalue weighted by molar-refractivity contribution is 5.68. The highest BCUT2D eigenvalue weighted by atomic mass is 16.5. The zero-order valence-electron chi connectivity index (χ0n) is 7.58. The minimum absolute atomic E-state index is 0.0932. The molecule has 0 amide bonds. The van der Waals surface area contributed by atoms with Gasteiger partial charge in [-0.1, -0.05) is 0 Å². The standard InChI is InChI=1S/C9H10N2O3/c12-5-8-10-7-2-4-14-3-1-6(7)9(13)11-8/h5H,1-4H2,(H,10,11,13). The molecule has 0 unspecified atom stereocenters. The maximum atomic E-state index is 11.5. The summed E-state index contributed by atoms with van der Waals surface area (Å²) in [4.78, 5) is 28.4. The number of aromatic amines is 1. The molecule has 74 valence electrons. The maximum absolute atomic E-state index is 11.5. The number of rotatable bonds is 1. The van der Waals surface area contributed by atoms with Crippen molar-refractivity contribution in [3.8, 4) is 0 Å². The van der Waals surface area contributed by atoms with Gasteiger partial charge in [0.1, 0.15) is 0 Å². The second kappa shape index (κ2) is 3.71. The van der Waals surface area contributed by atoms with Crippen LogP contribution >= 0.6 is 0 Å². The third-order valence-corrected chi connectivity index (χ3v) is 2.21. The molecule has 0 aliphatic carbocycles. The van der Waals surface area contributed by atoms with E-state index >= 15 is 0 Å². The van der Waals surface area contributed by atoms with E-state index in [0.29, 0.717) is 43.6 Å². The summed E-state index contributed by atoms with van der Waals surface area (Å²) in [6.45, 7) is 1.10. The highest BCUT2D eigenvalue weighted by Gasteiger charge is 2.13. The number of H-pyrrole nitrogens is 1. The third kappa shape index (κ3) is 1.58. The Bertz CT molecular complexity index is 411. The molecule has 0 fully saturated rings. The Labute approximate surface area is 80.1 Å². The predicted octanol–water partition coefficient (Wildman–Crippen LogP) is -0.302. The van der Waals surface area contributed by atoms with Crippen LogP contribution in [0, 0.1) is 0 Å². The Kier molecular flexibility index (Phi) is 2.41. The summed E-state index contributed by atoms with van der Waals surface area (Å²) in [5, 5.41) is 0. The Balaban J connectivity index is 2.54. The SMILES string of the molecule is O=Cc1nc2c(c(=O)[nH]1)CCOCC2. The van der Waals surface area contributed by atoms with Crippen molar-refractivity contribution >= 4 is 6.29 Å². The largest absolute Gasteiger partial charge is 0.381 e. The lowest BCUT2D eigenvalue weighted by molar-refractivity contribution is 0.111. The fourth-order valence-electron chi connectivity index (χ4n) is 1.53. The first kappa shape index (κ1) is 9.08. The van der Waals surface area contributed by atoms with Crippen LogP contribution in [-0.2, 0) is 17.6 Å². The van der Waals surface area contributed by atoms with Crippen LogP contribution < -0.4 is 5.56 Å². The van der Waals surface area contributed by atoms with Crippen molar-refractivity contribution in [1.29, 1.82) is 0 Å². The molecule has 0 atom stereocenters. The van der Waals surface area contributed by atoms with Gasteiger partial charge in [0.25, 0.3) is 5.56 Å². The third-order valence-electron chi connectivity index (χ3n) is 2.21. The molecule has 5 heteroatoms. The Morgan fingerprint density at radius 1 is 1.36 bits per heavy atom. The smallest absolute Gasteiger partial charge is 0.254 e. The summed E-state index contributed by atoms with van der Waals surface area (Å²) in [6.07, 6.45) is 1.71. The molecule has 0 saturated heterocycles. The topological polar surface area (TPSA) is 72.0 Å². The van der Waals surface area contributed by atoms with Crippen molar-refractivity contribution < 1.29 is 9.53 Å². The van der Waals surface area contributed by atoms with Crippen molar-refractivity contribution in [3.05, 3.63) is 27.4 Å². The molecule has 2 rings (SSSR count). The fraction of sp³-hybridized carbons (Fsp3) is 0.444. The van der Waals surface area contributed by atoms with E-state index in [-0.39, 0.29) is 11.4 Å². The monoisotopic (exact) mass is 194 g/mol. The number of nitrogens with one attached hydrogen (secondary N) is 1. The minimum Gasteiger partial charge on any atom is -0.381 e. The van der Waals surface area contributed by atoms with Gasteiger partial charge in [0.15, 0.2) is 12.1 Å². The van der Waals surface area contributed by atoms with E-state index in [0.717, 1.165) is 0 Å². The summed E-state index contributed by atoms with van der Waals surface area (Å²) in [5.74, 6) is 0.0932. The predicted molar refractivity (Wildman–Crippen MR) is 48.5 cm³/mol. The first-order chi connectivity index (χ1) is 6.81. The normalized spacial score (nSPS) is 15.7. The van der Waals surface area contributed by atoms with Gasteiger partial charge in [-0.2, -0.15) is 0 Å². The molecule has 0 spiro atoms. The van der Waals surface area contributed by atoms with E-state index in [4.69, 9.17) is 4.74 Å². The van der Waals surface area contributed by atoms with Crippen LogP contribution in [-0.4, -0.2) is 29.5 Å². The molecule has 0 bridgehead atoms. The summed E-state index contributed by atoms with van der Waals surface area (Å²) in [6, 6.07) is 0. The van der Waals surface area contributed by atoms with Gasteiger partial charge in [-0.05, 0) is 0 Å². The van der Waals surface area contributed by atoms with E-state index in [1.54, 1.807) is 0 Å². The van der Waals surface area contributed by atoms with Crippen LogP contribution in [0.3, 0.4) is 0 Å². The molecular weight excluding hydrogens is 184 g/mol. The van der Waals surface area contributed by atoms with Crippen LogP contribution in [0.4, 0.5) is 0 Å². The van der Waals surface area contributed by atoms with Crippen molar-refractivity contribution in [2.24, 2.45) is 0 Å². The zero-order chi connectivity index (χ0) is 9.97. The molecule has 0 saturated carbocycles. The maximum Gasteiger partial charge on any atom is 0.254 e. The van der Waals surface area contributed by atoms with Gasteiger partial charge in [0, 0.05) is 18.4 Å². The number of hydrogen-bond acceptors (Lipinski definition) is 4. The van der Waals surface area contributed by atoms with Crippen molar-refractivity contribution in [2.45, 2.75) is 12.8 Å². The second-order valence-corrected chi connectivity index (χ2v) is 3.11. The summed E-state index contributed by atoms with van der Waals surface area (Å²) < 4.78 is 5.22. The summed E-state index contributed by atoms with van der Waals surface area (Å²) >= 11 is 0. The minimum atomic E-state index is -0.220. The molecule has 1 N–H and O–H groups in total. The Morgan fingerprint density at radius 2 is 2.14 bits per heavy atom. The molecule has 1 aliphatic rings. The van der Waals surface area contributed by atoms with Gasteiger partial charge >= 0.3 is 0 Å². The van der Waals surface area contributed by atoms with Crippen LogP contribution in [0.1, 0.15) is 21.9 Å². The number of ether oxygens (including phenoxy) is 1. The second-order valence-electron chi connectivity index (χ2n) is 3.11. The van der Waals surface area contributed by atoms with Gasteiger partial charge in [0.2, 0.25) is 0 Å². The summed E-state index contributed by atoms with van der Waals surface area (Å²) in [7, 11) is 0. The Hall–Kier alpha value is -1.49. The van der Waals surface area contributed by atoms with E-state index in [1.807, 2.05) is 0 Å². The number of aldehydes is 1. The number of aromatic nitrogens is 2. The first-order valence-corrected chi connectivity index (χ1v) is 4.46. The molecule has 1 aromatic rings. The number of nitrogens with zero attached hydrogens (tertiary/aromatic N) is 1. The van der Waals surface area contributed by atoms with Crippen molar-refractivity contribution in [3.63, 3.8) is 0 Å². The fourth-order valence-corrected chi connectivity index (χ4v) is 1.53. The molecular formula is C9H10N2O3. The number of fused-ring (bicyclic) bond motifs is 1. The lowest BCUT2D eigenvalue weighted by Crippen LogP contribution is -2.20. The van der Waals surface area contributed by atoms with Crippen LogP contribution in [0.15, 0.2) is 4.79 Å². The van der Waals surface area contributed by atoms with Crippen molar-refractivity contribution in [2.75, 3.05) is 13.2 Å². The van der Waals surface area contributed by atoms with E-state index in [9.17, 15) is 9.59 Å². The van der Waals surface area contributed by atoms with Gasteiger partial charge in [-0.15, -0.1) is 0 Å². The van der Waals surface area contributed by atoms with Gasteiger partial charge in [0.05, 0.1) is 18.9 Å². The summed E-state index contributed by atoms with van der Waals surface area (Å²) in [5.41, 5.74) is 1.11. The molecule has 1 aliphatic heterocycles. The highest BCUT2D eigenvalue weighted by Crippen LogP contribution is 2.07. The average molecular weight is 194 g/mol. The molecule has 0 aromatic carbocycles. The van der Waals surface area contributed by atoms with Crippen LogP contribution in [0.2, 0.25) is 0 Å². The average Bonchev–Trinajstić information content (AvgIpc) is 2.42. The van der Waals surface area contributed by atoms with E-state index in [2.05, 4.69) is 9.97 Å². The van der Waals surface area contributed by atoms with E-state index in [1.165, 1.54) is 0 Å². The molecule has 5 nitrogen and oxygen atoms in total. The van der Waals surface area contributed by atoms with Gasteiger partial charge in [-0.3, -0.25) is 9.59 Å². The Morgan fingerprint density at radius 3 is 2.93 bits per heavy atom. The zero-order valence-corrected chi connectivity index (χ0v) is 7.58. The number of hydrogen-bond donors (Lipinski definition) is 1. The number of carbonyl (C=O) groups excluding carboxylic acids is 1.